The van der Waals surface area contributed by atoms with Crippen LogP contribution in [0.5, 0.6) is 0 Å². The number of unbranched alkanes of at least 4 members (excludes halogenated alkanes) is 2. The van der Waals surface area contributed by atoms with E-state index in [1.807, 2.05) is 0 Å². The number of hydrogen-bond donors (Lipinski definition) is 0. The Hall–Kier alpha value is 0.400. The van der Waals surface area contributed by atoms with E-state index in [0.717, 1.165) is 12.1 Å². The fourth-order valence-electron chi connectivity index (χ4n) is 3.19. The van der Waals surface area contributed by atoms with Gasteiger partial charge in [0.2, 0.25) is 0 Å². The van der Waals surface area contributed by atoms with Gasteiger partial charge in [-0.1, -0.05) is 22.4 Å². The minimum Gasteiger partial charge on any atom is -0.302 e. The molecule has 0 aromatic rings. The molecule has 0 aliphatic carbocycles. The predicted octanol–water partition coefficient (Wildman–Crippen LogP) is 2.72. The molecular weight excluding hydrogens is 264 g/mol. The number of fused-ring (bicyclic) bond motifs is 2. The van der Waals surface area contributed by atoms with Crippen molar-refractivity contribution in [1.82, 2.24) is 9.80 Å². The molecular formula is C13H25BrN2. The topological polar surface area (TPSA) is 6.48 Å². The number of hydrogen-bond acceptors (Lipinski definition) is 2. The number of rotatable bonds is 5. The molecule has 2 fully saturated rings. The molecule has 0 saturated carbocycles. The van der Waals surface area contributed by atoms with Crippen LogP contribution in [0, 0.1) is 0 Å². The van der Waals surface area contributed by atoms with Crippen LogP contribution >= 0.6 is 15.9 Å². The molecule has 0 aromatic carbocycles. The van der Waals surface area contributed by atoms with Gasteiger partial charge in [-0.05, 0) is 52.2 Å². The van der Waals surface area contributed by atoms with E-state index in [-0.39, 0.29) is 0 Å². The second-order valence-corrected chi connectivity index (χ2v) is 6.18. The van der Waals surface area contributed by atoms with Gasteiger partial charge in [-0.15, -0.1) is 0 Å². The third-order valence-electron chi connectivity index (χ3n) is 4.34. The van der Waals surface area contributed by atoms with Gasteiger partial charge in [-0.2, -0.15) is 0 Å². The van der Waals surface area contributed by atoms with Crippen LogP contribution in [-0.4, -0.2) is 53.9 Å². The number of likely N-dealkylation sites (tertiary alicyclic amines) is 1. The molecule has 0 spiro atoms. The molecule has 94 valence electrons. The molecule has 2 aliphatic heterocycles. The van der Waals surface area contributed by atoms with Gasteiger partial charge < -0.3 is 4.90 Å². The van der Waals surface area contributed by atoms with Crippen molar-refractivity contribution in [1.29, 1.82) is 0 Å². The van der Waals surface area contributed by atoms with Crippen LogP contribution in [0.2, 0.25) is 0 Å². The highest BCUT2D eigenvalue weighted by molar-refractivity contribution is 9.09. The van der Waals surface area contributed by atoms with Gasteiger partial charge in [-0.3, -0.25) is 4.90 Å². The Balaban J connectivity index is 1.71. The van der Waals surface area contributed by atoms with Crippen molar-refractivity contribution in [3.8, 4) is 0 Å². The van der Waals surface area contributed by atoms with E-state index >= 15 is 0 Å². The number of nitrogens with zero attached hydrogens (tertiary/aromatic N) is 2. The second-order valence-electron chi connectivity index (χ2n) is 5.39. The van der Waals surface area contributed by atoms with E-state index in [1.165, 1.54) is 63.5 Å². The Morgan fingerprint density at radius 1 is 1.06 bits per heavy atom. The van der Waals surface area contributed by atoms with Gasteiger partial charge >= 0.3 is 0 Å². The molecule has 16 heavy (non-hydrogen) atoms. The summed E-state index contributed by atoms with van der Waals surface area (Å²) in [6.07, 6.45) is 8.36. The second kappa shape index (κ2) is 6.36. The molecule has 3 heteroatoms. The third kappa shape index (κ3) is 3.21. The zero-order chi connectivity index (χ0) is 11.4. The van der Waals surface area contributed by atoms with Crippen LogP contribution in [0.15, 0.2) is 0 Å². The van der Waals surface area contributed by atoms with Gasteiger partial charge in [0.1, 0.15) is 0 Å². The molecule has 0 radical (unpaired) electrons. The van der Waals surface area contributed by atoms with Crippen LogP contribution in [0.1, 0.15) is 38.5 Å². The van der Waals surface area contributed by atoms with E-state index < -0.39 is 0 Å². The summed E-state index contributed by atoms with van der Waals surface area (Å²) < 4.78 is 0. The smallest absolute Gasteiger partial charge is 0.0223 e. The minimum absolute atomic E-state index is 0.851. The van der Waals surface area contributed by atoms with Crippen LogP contribution < -0.4 is 0 Å². The van der Waals surface area contributed by atoms with Crippen molar-refractivity contribution < 1.29 is 0 Å². The van der Waals surface area contributed by atoms with Crippen molar-refractivity contribution in [3.05, 3.63) is 0 Å². The summed E-state index contributed by atoms with van der Waals surface area (Å²) in [6.45, 7) is 3.98. The van der Waals surface area contributed by atoms with Crippen molar-refractivity contribution in [2.75, 3.05) is 32.0 Å². The molecule has 2 heterocycles. The van der Waals surface area contributed by atoms with Crippen molar-refractivity contribution >= 4 is 15.9 Å². The summed E-state index contributed by atoms with van der Waals surface area (Å²) in [5, 5.41) is 1.17. The van der Waals surface area contributed by atoms with Gasteiger partial charge in [0.15, 0.2) is 0 Å². The normalized spacial score (nSPS) is 31.9. The quantitative estimate of drug-likeness (QED) is 0.567. The fraction of sp³-hybridized carbons (Fsp3) is 1.00. The summed E-state index contributed by atoms with van der Waals surface area (Å²) in [6, 6.07) is 1.74. The van der Waals surface area contributed by atoms with Crippen LogP contribution in [0.3, 0.4) is 0 Å². The first-order valence-electron chi connectivity index (χ1n) is 6.81. The van der Waals surface area contributed by atoms with Crippen molar-refractivity contribution in [3.63, 3.8) is 0 Å². The van der Waals surface area contributed by atoms with E-state index in [4.69, 9.17) is 0 Å². The lowest BCUT2D eigenvalue weighted by Gasteiger charge is -2.25. The largest absolute Gasteiger partial charge is 0.302 e. The Morgan fingerprint density at radius 3 is 2.69 bits per heavy atom. The van der Waals surface area contributed by atoms with E-state index in [2.05, 4.69) is 32.8 Å². The highest BCUT2D eigenvalue weighted by Gasteiger charge is 2.34. The summed E-state index contributed by atoms with van der Waals surface area (Å²) >= 11 is 3.50. The van der Waals surface area contributed by atoms with Gasteiger partial charge in [0.05, 0.1) is 0 Å². The SMILES string of the molecule is CN1C2CCC1CN(CCCCCBr)CC2. The molecule has 2 atom stereocenters. The lowest BCUT2D eigenvalue weighted by Crippen LogP contribution is -2.37. The molecule has 0 amide bonds. The Kier molecular flexibility index (Phi) is 5.11. The first-order chi connectivity index (χ1) is 7.81. The van der Waals surface area contributed by atoms with Crippen molar-refractivity contribution in [2.24, 2.45) is 0 Å². The lowest BCUT2D eigenvalue weighted by atomic mass is 10.1. The van der Waals surface area contributed by atoms with Gasteiger partial charge in [0.25, 0.3) is 0 Å². The lowest BCUT2D eigenvalue weighted by molar-refractivity contribution is 0.217. The average Bonchev–Trinajstić information content (AvgIpc) is 2.51. The summed E-state index contributed by atoms with van der Waals surface area (Å²) in [5.41, 5.74) is 0. The van der Waals surface area contributed by atoms with E-state index in [1.54, 1.807) is 0 Å². The Bertz CT molecular complexity index is 210. The highest BCUT2D eigenvalue weighted by atomic mass is 79.9. The standard InChI is InChI=1S/C13H25BrN2/c1-15-12-5-6-13(15)11-16(10-7-12)9-4-2-3-8-14/h12-13H,2-11H2,1H3. The predicted molar refractivity (Wildman–Crippen MR) is 73.3 cm³/mol. The number of halogens is 1. The first kappa shape index (κ1) is 12.8. The van der Waals surface area contributed by atoms with Gasteiger partial charge in [-0.25, -0.2) is 0 Å². The maximum atomic E-state index is 3.50. The zero-order valence-corrected chi connectivity index (χ0v) is 12.1. The van der Waals surface area contributed by atoms with Crippen molar-refractivity contribution in [2.45, 2.75) is 50.6 Å². The fourth-order valence-corrected chi connectivity index (χ4v) is 3.59. The summed E-state index contributed by atoms with van der Waals surface area (Å²) in [7, 11) is 2.33. The first-order valence-corrected chi connectivity index (χ1v) is 7.93. The van der Waals surface area contributed by atoms with Crippen LogP contribution in [-0.2, 0) is 0 Å². The van der Waals surface area contributed by atoms with Crippen LogP contribution in [0.4, 0.5) is 0 Å². The zero-order valence-electron chi connectivity index (χ0n) is 10.5. The summed E-state index contributed by atoms with van der Waals surface area (Å²) in [5.74, 6) is 0. The number of alkyl halides is 1. The number of likely N-dealkylation sites (N-methyl/N-ethyl adjacent to an activating group) is 1. The highest BCUT2D eigenvalue weighted by Crippen LogP contribution is 2.28. The Morgan fingerprint density at radius 2 is 1.88 bits per heavy atom. The Labute approximate surface area is 108 Å². The molecule has 0 aromatic heterocycles. The molecule has 2 saturated heterocycles. The van der Waals surface area contributed by atoms with Gasteiger partial charge in [0, 0.05) is 24.0 Å². The molecule has 2 unspecified atom stereocenters. The molecule has 0 N–H and O–H groups in total. The molecule has 2 rings (SSSR count). The molecule has 2 bridgehead atoms. The maximum absolute atomic E-state index is 3.50. The van der Waals surface area contributed by atoms with E-state index in [0.29, 0.717) is 0 Å². The maximum Gasteiger partial charge on any atom is 0.0223 e. The monoisotopic (exact) mass is 288 g/mol. The van der Waals surface area contributed by atoms with Crippen LogP contribution in [0.25, 0.3) is 0 Å². The molecule has 2 aliphatic rings. The third-order valence-corrected chi connectivity index (χ3v) is 4.90. The average molecular weight is 289 g/mol. The minimum atomic E-state index is 0.851. The van der Waals surface area contributed by atoms with E-state index in [9.17, 15) is 0 Å². The summed E-state index contributed by atoms with van der Waals surface area (Å²) in [4.78, 5) is 5.34. The molecule has 2 nitrogen and oxygen atoms in total.